The number of fused-ring (bicyclic) bond motifs is 2. The van der Waals surface area contributed by atoms with Crippen LogP contribution in [0.1, 0.15) is 73.8 Å². The fourth-order valence-corrected chi connectivity index (χ4v) is 6.01. The molecular formula is C29H32F3N5O. The van der Waals surface area contributed by atoms with Gasteiger partial charge in [-0.05, 0) is 68.5 Å². The first-order chi connectivity index (χ1) is 18.0. The second-order valence-corrected chi connectivity index (χ2v) is 10.7. The highest BCUT2D eigenvalue weighted by Crippen LogP contribution is 2.48. The lowest BCUT2D eigenvalue weighted by Gasteiger charge is -2.46. The van der Waals surface area contributed by atoms with Gasteiger partial charge in [0.25, 0.3) is 0 Å². The molecule has 6 nitrogen and oxygen atoms in total. The number of benzene rings is 2. The van der Waals surface area contributed by atoms with Crippen LogP contribution in [0, 0.1) is 12.8 Å². The Balaban J connectivity index is 1.61. The van der Waals surface area contributed by atoms with Crippen LogP contribution in [0.3, 0.4) is 0 Å². The highest BCUT2D eigenvalue weighted by atomic mass is 19.4. The molecule has 1 spiro atoms. The van der Waals surface area contributed by atoms with E-state index in [1.54, 1.807) is 18.7 Å². The number of nitrogens with zero attached hydrogens (tertiary/aromatic N) is 3. The standard InChI is InChI=1S/C29H32F3N5O/c1-17-8-7-11-28(15-17)25-24(16-37(27(28)38)23-9-5-4-6-10-23)26(36-19(3)35-25)34-18(2)20-12-21(29(30,31)32)14-22(33)13-20/h4-6,9-10,12-14,17-18H,7-8,11,15-16,33H2,1-3H3,(H,34,35,36)/t17?,18-,28?/m1/s1. The number of nitrogens with one attached hydrogen (secondary N) is 1. The van der Waals surface area contributed by atoms with E-state index in [9.17, 15) is 18.0 Å². The first-order valence-corrected chi connectivity index (χ1v) is 13.0. The van der Waals surface area contributed by atoms with Gasteiger partial charge in [-0.1, -0.05) is 38.0 Å². The molecule has 1 amide bonds. The van der Waals surface area contributed by atoms with Crippen molar-refractivity contribution in [1.82, 2.24) is 9.97 Å². The predicted molar refractivity (Wildman–Crippen MR) is 142 cm³/mol. The average Bonchev–Trinajstić information content (AvgIpc) is 2.86. The molecule has 200 valence electrons. The van der Waals surface area contributed by atoms with Gasteiger partial charge >= 0.3 is 6.18 Å². The summed E-state index contributed by atoms with van der Waals surface area (Å²) in [6, 6.07) is 12.6. The Labute approximate surface area is 220 Å². The summed E-state index contributed by atoms with van der Waals surface area (Å²) < 4.78 is 40.4. The quantitative estimate of drug-likeness (QED) is 0.379. The maximum Gasteiger partial charge on any atom is 0.416 e. The van der Waals surface area contributed by atoms with Crippen molar-refractivity contribution in [1.29, 1.82) is 0 Å². The molecule has 1 aliphatic heterocycles. The van der Waals surface area contributed by atoms with Gasteiger partial charge in [0.1, 0.15) is 11.6 Å². The van der Waals surface area contributed by atoms with Crippen LogP contribution in [0.4, 0.5) is 30.4 Å². The van der Waals surface area contributed by atoms with E-state index in [1.165, 1.54) is 6.07 Å². The van der Waals surface area contributed by atoms with Crippen molar-refractivity contribution in [3.8, 4) is 0 Å². The van der Waals surface area contributed by atoms with Gasteiger partial charge in [-0.2, -0.15) is 13.2 Å². The topological polar surface area (TPSA) is 84.1 Å². The molecule has 1 aromatic heterocycles. The molecule has 2 aliphatic rings. The van der Waals surface area contributed by atoms with Crippen molar-refractivity contribution in [3.63, 3.8) is 0 Å². The van der Waals surface area contributed by atoms with E-state index < -0.39 is 23.2 Å². The number of hydrogen-bond acceptors (Lipinski definition) is 5. The molecule has 5 rings (SSSR count). The number of para-hydroxylation sites is 1. The molecule has 2 aromatic carbocycles. The van der Waals surface area contributed by atoms with Crippen LogP contribution in [-0.2, 0) is 22.9 Å². The first kappa shape index (κ1) is 26.0. The van der Waals surface area contributed by atoms with Crippen LogP contribution in [0.5, 0.6) is 0 Å². The first-order valence-electron chi connectivity index (χ1n) is 13.0. The van der Waals surface area contributed by atoms with Crippen LogP contribution in [-0.4, -0.2) is 15.9 Å². The number of carbonyl (C=O) groups is 1. The lowest BCUT2D eigenvalue weighted by molar-refractivity contribution is -0.137. The summed E-state index contributed by atoms with van der Waals surface area (Å²) in [6.07, 6.45) is -1.14. The van der Waals surface area contributed by atoms with Gasteiger partial charge in [-0.3, -0.25) is 4.79 Å². The Morgan fingerprint density at radius 1 is 1.16 bits per heavy atom. The van der Waals surface area contributed by atoms with Gasteiger partial charge in [0.05, 0.1) is 29.3 Å². The number of amides is 1. The highest BCUT2D eigenvalue weighted by molar-refractivity contribution is 6.03. The van der Waals surface area contributed by atoms with E-state index in [0.717, 1.165) is 41.9 Å². The Bertz CT molecular complexity index is 1360. The van der Waals surface area contributed by atoms with Crippen LogP contribution < -0.4 is 16.0 Å². The fraction of sp³-hybridized carbons (Fsp3) is 0.414. The van der Waals surface area contributed by atoms with Gasteiger partial charge in [0, 0.05) is 16.9 Å². The van der Waals surface area contributed by atoms with Crippen LogP contribution in [0.25, 0.3) is 0 Å². The Hall–Kier alpha value is -3.62. The maximum atomic E-state index is 14.2. The molecule has 2 heterocycles. The van der Waals surface area contributed by atoms with E-state index in [4.69, 9.17) is 10.7 Å². The van der Waals surface area contributed by atoms with Crippen molar-refractivity contribution in [3.05, 3.63) is 76.7 Å². The summed E-state index contributed by atoms with van der Waals surface area (Å²) in [5.74, 6) is 1.45. The molecule has 0 bridgehead atoms. The zero-order valence-electron chi connectivity index (χ0n) is 21.8. The largest absolute Gasteiger partial charge is 0.416 e. The van der Waals surface area contributed by atoms with Crippen molar-refractivity contribution < 1.29 is 18.0 Å². The third-order valence-electron chi connectivity index (χ3n) is 7.77. The zero-order valence-corrected chi connectivity index (χ0v) is 21.8. The minimum absolute atomic E-state index is 0.0420. The average molecular weight is 524 g/mol. The molecule has 1 aliphatic carbocycles. The lowest BCUT2D eigenvalue weighted by Crippen LogP contribution is -2.54. The highest BCUT2D eigenvalue weighted by Gasteiger charge is 2.51. The second kappa shape index (κ2) is 9.60. The molecule has 3 N–H and O–H groups in total. The number of alkyl halides is 3. The summed E-state index contributed by atoms with van der Waals surface area (Å²) in [4.78, 5) is 25.5. The molecule has 0 saturated heterocycles. The molecule has 1 fully saturated rings. The molecular weight excluding hydrogens is 491 g/mol. The minimum Gasteiger partial charge on any atom is -0.399 e. The number of halogens is 3. The normalized spacial score (nSPS) is 22.3. The monoisotopic (exact) mass is 523 g/mol. The second-order valence-electron chi connectivity index (χ2n) is 10.7. The smallest absolute Gasteiger partial charge is 0.399 e. The molecule has 3 atom stereocenters. The zero-order chi connectivity index (χ0) is 27.2. The van der Waals surface area contributed by atoms with E-state index in [2.05, 4.69) is 17.2 Å². The number of nitrogen functional groups attached to an aromatic ring is 1. The van der Waals surface area contributed by atoms with Gasteiger partial charge in [0.2, 0.25) is 5.91 Å². The van der Waals surface area contributed by atoms with E-state index in [1.807, 2.05) is 30.3 Å². The van der Waals surface area contributed by atoms with Crippen molar-refractivity contribution in [2.45, 2.75) is 70.6 Å². The van der Waals surface area contributed by atoms with Crippen LogP contribution in [0.15, 0.2) is 48.5 Å². The van der Waals surface area contributed by atoms with Crippen LogP contribution >= 0.6 is 0 Å². The third-order valence-corrected chi connectivity index (χ3v) is 7.77. The Morgan fingerprint density at radius 3 is 2.58 bits per heavy atom. The maximum absolute atomic E-state index is 14.2. The summed E-state index contributed by atoms with van der Waals surface area (Å²) in [7, 11) is 0. The predicted octanol–water partition coefficient (Wildman–Crippen LogP) is 6.55. The summed E-state index contributed by atoms with van der Waals surface area (Å²) in [6.45, 7) is 6.00. The minimum atomic E-state index is -4.50. The molecule has 0 radical (unpaired) electrons. The third kappa shape index (κ3) is 4.70. The van der Waals surface area contributed by atoms with Crippen molar-refractivity contribution in [2.75, 3.05) is 16.0 Å². The lowest BCUT2D eigenvalue weighted by atomic mass is 9.64. The van der Waals surface area contributed by atoms with E-state index >= 15 is 0 Å². The summed E-state index contributed by atoms with van der Waals surface area (Å²) >= 11 is 0. The number of aryl methyl sites for hydroxylation is 1. The fourth-order valence-electron chi connectivity index (χ4n) is 6.01. The van der Waals surface area contributed by atoms with Gasteiger partial charge in [-0.25, -0.2) is 9.97 Å². The Kier molecular flexibility index (Phi) is 6.57. The van der Waals surface area contributed by atoms with Gasteiger partial charge < -0.3 is 16.0 Å². The van der Waals surface area contributed by atoms with E-state index in [-0.39, 0.29) is 18.1 Å². The van der Waals surface area contributed by atoms with Gasteiger partial charge in [0.15, 0.2) is 0 Å². The Morgan fingerprint density at radius 2 is 1.89 bits per heavy atom. The molecule has 38 heavy (non-hydrogen) atoms. The number of hydrogen-bond donors (Lipinski definition) is 2. The van der Waals surface area contributed by atoms with Gasteiger partial charge in [-0.15, -0.1) is 0 Å². The summed E-state index contributed by atoms with van der Waals surface area (Å²) in [5.41, 5.74) is 7.05. The molecule has 9 heteroatoms. The molecule has 1 saturated carbocycles. The van der Waals surface area contributed by atoms with Crippen molar-refractivity contribution in [2.24, 2.45) is 5.92 Å². The van der Waals surface area contributed by atoms with E-state index in [0.29, 0.717) is 36.0 Å². The SMILES string of the molecule is Cc1nc(N[C@H](C)c2cc(N)cc(C(F)(F)F)c2)c2c(n1)C1(CCCC(C)C1)C(=O)N(c1ccccc1)C2. The molecule has 2 unspecified atom stereocenters. The number of rotatable bonds is 4. The van der Waals surface area contributed by atoms with Crippen molar-refractivity contribution >= 4 is 23.1 Å². The summed E-state index contributed by atoms with van der Waals surface area (Å²) in [5, 5.41) is 3.34. The van der Waals surface area contributed by atoms with Crippen LogP contribution in [0.2, 0.25) is 0 Å². The number of nitrogens with two attached hydrogens (primary N) is 1. The number of carbonyl (C=O) groups excluding carboxylic acids is 1. The number of aromatic nitrogens is 2. The number of anilines is 3. The molecule has 3 aromatic rings.